The van der Waals surface area contributed by atoms with Crippen LogP contribution in [0, 0.1) is 19.0 Å². The minimum absolute atomic E-state index is 0. The van der Waals surface area contributed by atoms with Gasteiger partial charge in [-0.15, -0.1) is 59.2 Å². The van der Waals surface area contributed by atoms with Crippen LogP contribution < -0.4 is 0 Å². The van der Waals surface area contributed by atoms with Gasteiger partial charge in [-0.1, -0.05) is 99.6 Å². The van der Waals surface area contributed by atoms with Crippen molar-refractivity contribution in [2.24, 2.45) is 0 Å². The minimum Gasteiger partial charge on any atom is -0.305 e. The molecule has 3 aromatic heterocycles. The topological polar surface area (TPSA) is 25.8 Å². The fourth-order valence-corrected chi connectivity index (χ4v) is 7.19. The summed E-state index contributed by atoms with van der Waals surface area (Å²) in [4.78, 5) is 8.29. The SMILES string of the molecule is [2H]c1c(C([2H])([2H])[2H])cnc(-c2[c-]ccc3c2sc2c(C4([2H])CCCCC4)cccc23)c1[2H].[2H]c1nc(-c2[c-]ccc(CCCCCC)c2)c([2H])c([2H])c1[2H].[Ir]. The number of thiophene rings is 1. The van der Waals surface area contributed by atoms with Crippen LogP contribution in [0.2, 0.25) is 0 Å². The Balaban J connectivity index is 0.000000222. The van der Waals surface area contributed by atoms with Crippen molar-refractivity contribution in [1.82, 2.24) is 9.97 Å². The average Bonchev–Trinajstić information content (AvgIpc) is 3.54. The molecule has 0 N–H and O–H groups in total. The molecule has 0 bridgehead atoms. The minimum atomic E-state index is -2.48. The number of hydrogen-bond acceptors (Lipinski definition) is 3. The molecule has 2 nitrogen and oxygen atoms in total. The molecule has 0 aliphatic heterocycles. The molecular weight excluding hydrogens is 745 g/mol. The van der Waals surface area contributed by atoms with Crippen LogP contribution in [0.5, 0.6) is 0 Å². The predicted octanol–water partition coefficient (Wildman–Crippen LogP) is 11.9. The Morgan fingerprint density at radius 1 is 0.911 bits per heavy atom. The van der Waals surface area contributed by atoms with Crippen molar-refractivity contribution in [2.45, 2.75) is 83.9 Å². The molecular formula is C41H42IrN2S-2. The first-order valence-electron chi connectivity index (χ1n) is 20.5. The van der Waals surface area contributed by atoms with Crippen molar-refractivity contribution in [3.63, 3.8) is 0 Å². The van der Waals surface area contributed by atoms with Crippen LogP contribution in [-0.4, -0.2) is 9.97 Å². The first kappa shape index (κ1) is 22.4. The molecule has 1 radical (unpaired) electrons. The van der Waals surface area contributed by atoms with Crippen LogP contribution >= 0.6 is 11.3 Å². The summed E-state index contributed by atoms with van der Waals surface area (Å²) in [7, 11) is 0. The van der Waals surface area contributed by atoms with Gasteiger partial charge in [-0.25, -0.2) is 0 Å². The van der Waals surface area contributed by atoms with E-state index in [0.717, 1.165) is 69.8 Å². The molecule has 1 fully saturated rings. The molecule has 1 saturated carbocycles. The number of hydrogen-bond donors (Lipinski definition) is 0. The third-order valence-electron chi connectivity index (χ3n) is 8.08. The van der Waals surface area contributed by atoms with Gasteiger partial charge in [0.15, 0.2) is 0 Å². The van der Waals surface area contributed by atoms with Gasteiger partial charge in [-0.05, 0) is 70.7 Å². The van der Waals surface area contributed by atoms with E-state index in [1.54, 1.807) is 23.5 Å². The van der Waals surface area contributed by atoms with Crippen LogP contribution in [0.25, 0.3) is 42.7 Å². The standard InChI is InChI=1S/C24H22NS.C17H20N.Ir/c1-16-13-14-22(25-15-16)21-12-6-11-20-19-10-5-9-18(23(19)26-24(20)21)17-7-3-2-4-8-17;1-2-3-4-5-9-15-10-8-11-16(14-15)17-12-6-7-13-18-17;/h5-6,9-11,13-15,17H,2-4,7-8H2,1H3;6-8,10,12-14H,2-5,9H2,1H3;/q2*-1;/i1D3,13D,14D,17D;6D,7D,12D,13D;. The molecule has 45 heavy (non-hydrogen) atoms. The molecule has 0 amide bonds. The third kappa shape index (κ3) is 8.17. The summed E-state index contributed by atoms with van der Waals surface area (Å²) >= 11 is 1.58. The van der Waals surface area contributed by atoms with Crippen LogP contribution in [0.15, 0.2) is 91.1 Å². The second kappa shape index (κ2) is 16.4. The quantitative estimate of drug-likeness (QED) is 0.113. The van der Waals surface area contributed by atoms with Crippen LogP contribution in [0.4, 0.5) is 0 Å². The number of unbranched alkanes of at least 4 members (excludes halogenated alkanes) is 3. The zero-order valence-electron chi connectivity index (χ0n) is 35.4. The van der Waals surface area contributed by atoms with Gasteiger partial charge in [-0.2, -0.15) is 11.3 Å². The van der Waals surface area contributed by atoms with E-state index in [1.165, 1.54) is 31.9 Å². The van der Waals surface area contributed by atoms with Crippen molar-refractivity contribution in [3.05, 3.63) is 120 Å². The maximum absolute atomic E-state index is 9.16. The molecule has 7 rings (SSSR count). The largest absolute Gasteiger partial charge is 0.305 e. The van der Waals surface area contributed by atoms with E-state index in [0.29, 0.717) is 11.1 Å². The molecule has 1 aliphatic carbocycles. The Labute approximate surface area is 300 Å². The first-order valence-corrected chi connectivity index (χ1v) is 16.4. The zero-order chi connectivity index (χ0) is 38.8. The summed E-state index contributed by atoms with van der Waals surface area (Å²) < 4.78 is 81.5. The molecule has 0 unspecified atom stereocenters. The summed E-state index contributed by atoms with van der Waals surface area (Å²) in [5.41, 5.74) is 3.75. The number of pyridine rings is 2. The second-order valence-electron chi connectivity index (χ2n) is 11.2. The zero-order valence-corrected chi connectivity index (χ0v) is 28.6. The van der Waals surface area contributed by atoms with E-state index >= 15 is 0 Å². The summed E-state index contributed by atoms with van der Waals surface area (Å²) in [6.07, 6.45) is 11.7. The van der Waals surface area contributed by atoms with E-state index < -0.39 is 12.7 Å². The summed E-state index contributed by atoms with van der Waals surface area (Å²) in [6.45, 7) is -0.299. The molecule has 3 aromatic carbocycles. The van der Waals surface area contributed by atoms with Crippen LogP contribution in [0.1, 0.15) is 101 Å². The van der Waals surface area contributed by atoms with Crippen molar-refractivity contribution in [2.75, 3.05) is 0 Å². The first-order chi connectivity index (χ1) is 25.7. The van der Waals surface area contributed by atoms with Gasteiger partial charge in [0.1, 0.15) is 0 Å². The van der Waals surface area contributed by atoms with Gasteiger partial charge < -0.3 is 9.97 Å². The normalized spacial score (nSPS) is 17.4. The maximum atomic E-state index is 9.16. The third-order valence-corrected chi connectivity index (χ3v) is 9.35. The summed E-state index contributed by atoms with van der Waals surface area (Å²) in [5, 5.41) is 2.08. The number of aryl methyl sites for hydroxylation is 2. The van der Waals surface area contributed by atoms with Crippen molar-refractivity contribution < 1.29 is 33.8 Å². The Kier molecular flexibility index (Phi) is 8.16. The van der Waals surface area contributed by atoms with Gasteiger partial charge in [0, 0.05) is 42.7 Å². The van der Waals surface area contributed by atoms with Gasteiger partial charge in [0.25, 0.3) is 0 Å². The van der Waals surface area contributed by atoms with Crippen molar-refractivity contribution >= 4 is 31.5 Å². The molecule has 3 heterocycles. The fraction of sp³-hybridized carbons (Fsp3) is 0.317. The molecule has 0 spiro atoms. The molecule has 0 saturated heterocycles. The number of aromatic nitrogens is 2. The van der Waals surface area contributed by atoms with E-state index in [4.69, 9.17) is 13.7 Å². The number of rotatable bonds is 8. The number of benzene rings is 3. The predicted molar refractivity (Wildman–Crippen MR) is 188 cm³/mol. The maximum Gasteiger partial charge on any atom is 0.0830 e. The van der Waals surface area contributed by atoms with E-state index in [9.17, 15) is 0 Å². The second-order valence-corrected chi connectivity index (χ2v) is 12.2. The average molecular weight is 797 g/mol. The van der Waals surface area contributed by atoms with Crippen LogP contribution in [-0.2, 0) is 26.5 Å². The van der Waals surface area contributed by atoms with E-state index in [1.807, 2.05) is 24.3 Å². The molecule has 0 atom stereocenters. The molecule has 1 aliphatic rings. The monoisotopic (exact) mass is 797 g/mol. The molecule has 233 valence electrons. The summed E-state index contributed by atoms with van der Waals surface area (Å²) in [5.74, 6) is -0.586. The molecule has 4 heteroatoms. The van der Waals surface area contributed by atoms with Gasteiger partial charge in [0.2, 0.25) is 0 Å². The Morgan fingerprint density at radius 3 is 2.64 bits per heavy atom. The fourth-order valence-electron chi connectivity index (χ4n) is 5.83. The van der Waals surface area contributed by atoms with E-state index in [2.05, 4.69) is 41.2 Å². The van der Waals surface area contributed by atoms with E-state index in [-0.39, 0.29) is 73.4 Å². The Hall–Kier alpha value is -3.17. The Morgan fingerprint density at radius 2 is 1.78 bits per heavy atom. The van der Waals surface area contributed by atoms with Crippen molar-refractivity contribution in [3.8, 4) is 22.5 Å². The molecule has 6 aromatic rings. The van der Waals surface area contributed by atoms with Crippen molar-refractivity contribution in [1.29, 1.82) is 0 Å². The van der Waals surface area contributed by atoms with Gasteiger partial charge in [-0.3, -0.25) is 0 Å². The Bertz CT molecular complexity index is 2300. The van der Waals surface area contributed by atoms with Gasteiger partial charge >= 0.3 is 0 Å². The number of nitrogens with zero attached hydrogens (tertiary/aromatic N) is 2. The van der Waals surface area contributed by atoms with Gasteiger partial charge in [0.05, 0.1) is 8.22 Å². The number of fused-ring (bicyclic) bond motifs is 3. The summed E-state index contributed by atoms with van der Waals surface area (Å²) in [6, 6.07) is 20.7. The smallest absolute Gasteiger partial charge is 0.0830 e. The van der Waals surface area contributed by atoms with Crippen LogP contribution in [0.3, 0.4) is 0 Å².